The average molecular weight is 163 g/mol. The van der Waals surface area contributed by atoms with Crippen LogP contribution >= 0.6 is 0 Å². The SMILES string of the molecule is C=C/C=C1/CCNC(C)/C1=C/C. The summed E-state index contributed by atoms with van der Waals surface area (Å²) < 4.78 is 0. The number of nitrogens with one attached hydrogen (secondary N) is 1. The Kier molecular flexibility index (Phi) is 3.30. The van der Waals surface area contributed by atoms with E-state index < -0.39 is 0 Å². The van der Waals surface area contributed by atoms with Gasteiger partial charge < -0.3 is 5.32 Å². The molecule has 0 bridgehead atoms. The Morgan fingerprint density at radius 2 is 2.33 bits per heavy atom. The zero-order valence-electron chi connectivity index (χ0n) is 7.93. The molecule has 0 saturated carbocycles. The van der Waals surface area contributed by atoms with Crippen molar-refractivity contribution in [2.45, 2.75) is 26.3 Å². The number of hydrogen-bond acceptors (Lipinski definition) is 1. The smallest absolute Gasteiger partial charge is 0.0291 e. The first-order valence-electron chi connectivity index (χ1n) is 4.51. The van der Waals surface area contributed by atoms with Crippen LogP contribution < -0.4 is 5.32 Å². The van der Waals surface area contributed by atoms with Gasteiger partial charge in [0.05, 0.1) is 0 Å². The molecule has 1 N–H and O–H groups in total. The summed E-state index contributed by atoms with van der Waals surface area (Å²) in [5.74, 6) is 0. The van der Waals surface area contributed by atoms with Crippen LogP contribution in [0.1, 0.15) is 20.3 Å². The maximum absolute atomic E-state index is 3.72. The van der Waals surface area contributed by atoms with Crippen molar-refractivity contribution < 1.29 is 0 Å². The highest BCUT2D eigenvalue weighted by Crippen LogP contribution is 2.21. The summed E-state index contributed by atoms with van der Waals surface area (Å²) in [5.41, 5.74) is 2.85. The molecule has 1 aliphatic heterocycles. The van der Waals surface area contributed by atoms with Crippen molar-refractivity contribution in [1.82, 2.24) is 5.32 Å². The molecule has 1 rings (SSSR count). The molecule has 1 heteroatoms. The monoisotopic (exact) mass is 163 g/mol. The number of piperidine rings is 1. The molecule has 0 radical (unpaired) electrons. The van der Waals surface area contributed by atoms with E-state index >= 15 is 0 Å². The van der Waals surface area contributed by atoms with Gasteiger partial charge in [0.2, 0.25) is 0 Å². The minimum Gasteiger partial charge on any atom is -0.310 e. The molecule has 0 aromatic carbocycles. The van der Waals surface area contributed by atoms with E-state index in [1.54, 1.807) is 0 Å². The second kappa shape index (κ2) is 4.27. The van der Waals surface area contributed by atoms with Crippen LogP contribution in [0.2, 0.25) is 0 Å². The molecule has 0 aromatic heterocycles. The normalized spacial score (nSPS) is 31.0. The van der Waals surface area contributed by atoms with Crippen molar-refractivity contribution in [3.63, 3.8) is 0 Å². The number of rotatable bonds is 1. The lowest BCUT2D eigenvalue weighted by atomic mass is 9.92. The lowest BCUT2D eigenvalue weighted by Gasteiger charge is -2.26. The highest BCUT2D eigenvalue weighted by molar-refractivity contribution is 5.38. The fourth-order valence-corrected chi connectivity index (χ4v) is 1.71. The van der Waals surface area contributed by atoms with Gasteiger partial charge >= 0.3 is 0 Å². The van der Waals surface area contributed by atoms with E-state index in [0.717, 1.165) is 13.0 Å². The van der Waals surface area contributed by atoms with E-state index in [1.165, 1.54) is 11.1 Å². The first-order chi connectivity index (χ1) is 5.79. The minimum absolute atomic E-state index is 0.495. The van der Waals surface area contributed by atoms with Crippen molar-refractivity contribution >= 4 is 0 Å². The Morgan fingerprint density at radius 3 is 2.92 bits per heavy atom. The maximum Gasteiger partial charge on any atom is 0.0291 e. The molecular formula is C11H17N. The van der Waals surface area contributed by atoms with Gasteiger partial charge in [-0.15, -0.1) is 0 Å². The van der Waals surface area contributed by atoms with Gasteiger partial charge in [0.15, 0.2) is 0 Å². The molecule has 0 spiro atoms. The Morgan fingerprint density at radius 1 is 1.58 bits per heavy atom. The molecule has 1 saturated heterocycles. The third kappa shape index (κ3) is 1.86. The van der Waals surface area contributed by atoms with Crippen molar-refractivity contribution in [1.29, 1.82) is 0 Å². The lowest BCUT2D eigenvalue weighted by Crippen LogP contribution is -2.34. The highest BCUT2D eigenvalue weighted by atomic mass is 14.9. The molecule has 1 atom stereocenters. The van der Waals surface area contributed by atoms with Gasteiger partial charge in [0.25, 0.3) is 0 Å². The summed E-state index contributed by atoms with van der Waals surface area (Å²) in [6.45, 7) is 9.10. The zero-order valence-corrected chi connectivity index (χ0v) is 7.93. The van der Waals surface area contributed by atoms with Crippen LogP contribution in [0.5, 0.6) is 0 Å². The fraction of sp³-hybridized carbons (Fsp3) is 0.455. The topological polar surface area (TPSA) is 12.0 Å². The largest absolute Gasteiger partial charge is 0.310 e. The van der Waals surface area contributed by atoms with Crippen LogP contribution in [0, 0.1) is 0 Å². The Labute approximate surface area is 74.9 Å². The van der Waals surface area contributed by atoms with Gasteiger partial charge in [-0.05, 0) is 38.0 Å². The van der Waals surface area contributed by atoms with Crippen LogP contribution in [0.4, 0.5) is 0 Å². The van der Waals surface area contributed by atoms with Crippen LogP contribution in [-0.2, 0) is 0 Å². The van der Waals surface area contributed by atoms with Crippen molar-refractivity contribution in [2.24, 2.45) is 0 Å². The van der Waals surface area contributed by atoms with E-state index in [-0.39, 0.29) is 0 Å². The number of hydrogen-bond donors (Lipinski definition) is 1. The molecule has 0 aliphatic carbocycles. The molecule has 1 aliphatic rings. The standard InChI is InChI=1S/C11H17N/c1-4-6-10-7-8-12-9(3)11(10)5-2/h4-6,9,12H,1,7-8H2,2-3H3/b10-6-,11-5-. The third-order valence-electron chi connectivity index (χ3n) is 2.31. The second-order valence-electron chi connectivity index (χ2n) is 3.10. The summed E-state index contributed by atoms with van der Waals surface area (Å²) in [6.07, 6.45) is 7.30. The molecule has 1 heterocycles. The van der Waals surface area contributed by atoms with Crippen molar-refractivity contribution in [3.8, 4) is 0 Å². The number of allylic oxidation sites excluding steroid dienone is 3. The third-order valence-corrected chi connectivity index (χ3v) is 2.31. The Hall–Kier alpha value is -0.820. The quantitative estimate of drug-likeness (QED) is 0.626. The molecule has 1 fully saturated rings. The highest BCUT2D eigenvalue weighted by Gasteiger charge is 2.16. The van der Waals surface area contributed by atoms with E-state index in [2.05, 4.69) is 37.9 Å². The molecule has 0 amide bonds. The van der Waals surface area contributed by atoms with Crippen LogP contribution in [-0.4, -0.2) is 12.6 Å². The summed E-state index contributed by atoms with van der Waals surface area (Å²) in [4.78, 5) is 0. The molecule has 0 aromatic rings. The summed E-state index contributed by atoms with van der Waals surface area (Å²) in [6, 6.07) is 0.495. The Bertz CT molecular complexity index is 223. The van der Waals surface area contributed by atoms with Crippen molar-refractivity contribution in [2.75, 3.05) is 6.54 Å². The predicted octanol–water partition coefficient (Wildman–Crippen LogP) is 2.43. The van der Waals surface area contributed by atoms with E-state index in [4.69, 9.17) is 0 Å². The zero-order chi connectivity index (χ0) is 8.97. The first-order valence-corrected chi connectivity index (χ1v) is 4.51. The van der Waals surface area contributed by atoms with E-state index in [0.29, 0.717) is 6.04 Å². The van der Waals surface area contributed by atoms with Crippen LogP contribution in [0.15, 0.2) is 36.0 Å². The van der Waals surface area contributed by atoms with Gasteiger partial charge in [-0.2, -0.15) is 0 Å². The maximum atomic E-state index is 3.72. The van der Waals surface area contributed by atoms with Crippen molar-refractivity contribution in [3.05, 3.63) is 36.0 Å². The van der Waals surface area contributed by atoms with E-state index in [1.807, 2.05) is 6.08 Å². The summed E-state index contributed by atoms with van der Waals surface area (Å²) in [7, 11) is 0. The van der Waals surface area contributed by atoms with E-state index in [9.17, 15) is 0 Å². The van der Waals surface area contributed by atoms with Gasteiger partial charge in [-0.3, -0.25) is 0 Å². The summed E-state index contributed by atoms with van der Waals surface area (Å²) >= 11 is 0. The van der Waals surface area contributed by atoms with Gasteiger partial charge in [0, 0.05) is 6.04 Å². The van der Waals surface area contributed by atoms with Gasteiger partial charge in [-0.1, -0.05) is 24.8 Å². The molecule has 1 unspecified atom stereocenters. The van der Waals surface area contributed by atoms with Crippen LogP contribution in [0.3, 0.4) is 0 Å². The predicted molar refractivity (Wildman–Crippen MR) is 54.1 cm³/mol. The average Bonchev–Trinajstić information content (AvgIpc) is 2.05. The van der Waals surface area contributed by atoms with Gasteiger partial charge in [0.1, 0.15) is 0 Å². The minimum atomic E-state index is 0.495. The summed E-state index contributed by atoms with van der Waals surface area (Å²) in [5, 5.41) is 3.43. The molecule has 12 heavy (non-hydrogen) atoms. The Balaban J connectivity index is 2.85. The first kappa shape index (κ1) is 9.27. The van der Waals surface area contributed by atoms with Crippen LogP contribution in [0.25, 0.3) is 0 Å². The molecule has 66 valence electrons. The fourth-order valence-electron chi connectivity index (χ4n) is 1.71. The molecular weight excluding hydrogens is 146 g/mol. The molecule has 1 nitrogen and oxygen atoms in total. The second-order valence-corrected chi connectivity index (χ2v) is 3.10. The van der Waals surface area contributed by atoms with Gasteiger partial charge in [-0.25, -0.2) is 0 Å². The lowest BCUT2D eigenvalue weighted by molar-refractivity contribution is 0.571.